The molecule has 0 amide bonds. The molecule has 0 rings (SSSR count). The quantitative estimate of drug-likeness (QED) is 0.184. The minimum absolute atomic E-state index is 0.252. The predicted octanol–water partition coefficient (Wildman–Crippen LogP) is 1.48. The summed E-state index contributed by atoms with van der Waals surface area (Å²) in [7, 11) is 1.48. The molecule has 0 aliphatic heterocycles. The maximum Gasteiger partial charge on any atom is 0.188 e. The van der Waals surface area contributed by atoms with E-state index in [-0.39, 0.29) is 6.79 Å². The lowest BCUT2D eigenvalue weighted by molar-refractivity contribution is -0.274. The average Bonchev–Trinajstić information content (AvgIpc) is 2.02. The van der Waals surface area contributed by atoms with Crippen LogP contribution in [0, 0.1) is 0 Å². The number of ether oxygens (including phenoxy) is 2. The van der Waals surface area contributed by atoms with Gasteiger partial charge in [0.2, 0.25) is 0 Å². The van der Waals surface area contributed by atoms with E-state index in [0.717, 1.165) is 6.42 Å². The fourth-order valence-electron chi connectivity index (χ4n) is 0.504. The summed E-state index contributed by atoms with van der Waals surface area (Å²) in [5.74, 6) is 0.656. The molecule has 0 aliphatic carbocycles. The number of allylic oxidation sites excluding steroid dienone is 1. The number of rotatable bonds is 8. The van der Waals surface area contributed by atoms with Crippen molar-refractivity contribution in [2.24, 2.45) is 0 Å². The van der Waals surface area contributed by atoms with E-state index < -0.39 is 0 Å². The minimum atomic E-state index is 0.252. The van der Waals surface area contributed by atoms with E-state index in [2.05, 4.69) is 16.4 Å². The molecule has 0 aromatic rings. The minimum Gasteiger partial charge on any atom is -0.473 e. The zero-order chi connectivity index (χ0) is 9.23. The van der Waals surface area contributed by atoms with E-state index in [1.54, 1.807) is 6.92 Å². The summed E-state index contributed by atoms with van der Waals surface area (Å²) in [5, 5.41) is 0. The second-order valence-electron chi connectivity index (χ2n) is 2.21. The van der Waals surface area contributed by atoms with Crippen molar-refractivity contribution in [2.45, 2.75) is 13.3 Å². The molecule has 0 aromatic carbocycles. The first-order chi connectivity index (χ1) is 5.77. The molecule has 0 bridgehead atoms. The van der Waals surface area contributed by atoms with Crippen LogP contribution >= 0.6 is 0 Å². The smallest absolute Gasteiger partial charge is 0.188 e. The van der Waals surface area contributed by atoms with Gasteiger partial charge in [0.1, 0.15) is 0 Å². The van der Waals surface area contributed by atoms with Crippen LogP contribution in [0.15, 0.2) is 12.3 Å². The second-order valence-corrected chi connectivity index (χ2v) is 2.21. The Bertz CT molecular complexity index is 114. The van der Waals surface area contributed by atoms with E-state index in [4.69, 9.17) is 9.47 Å². The lowest BCUT2D eigenvalue weighted by Gasteiger charge is -2.05. The first-order valence-corrected chi connectivity index (χ1v) is 3.79. The zero-order valence-electron chi connectivity index (χ0n) is 7.67. The van der Waals surface area contributed by atoms with Crippen molar-refractivity contribution in [2.75, 3.05) is 27.1 Å². The summed E-state index contributed by atoms with van der Waals surface area (Å²) in [4.78, 5) is 9.01. The van der Waals surface area contributed by atoms with Crippen LogP contribution in [0.2, 0.25) is 0 Å². The largest absolute Gasteiger partial charge is 0.473 e. The maximum atomic E-state index is 5.07. The first kappa shape index (κ1) is 11.4. The lowest BCUT2D eigenvalue weighted by atomic mass is 10.5. The van der Waals surface area contributed by atoms with Gasteiger partial charge in [-0.15, -0.1) is 0 Å². The van der Waals surface area contributed by atoms with Gasteiger partial charge in [0.15, 0.2) is 6.79 Å². The summed E-state index contributed by atoms with van der Waals surface area (Å²) < 4.78 is 10.0. The van der Waals surface area contributed by atoms with E-state index >= 15 is 0 Å². The molecule has 4 heteroatoms. The third kappa shape index (κ3) is 9.42. The van der Waals surface area contributed by atoms with Gasteiger partial charge in [-0.2, -0.15) is 0 Å². The van der Waals surface area contributed by atoms with Crippen molar-refractivity contribution in [1.82, 2.24) is 0 Å². The van der Waals surface area contributed by atoms with Gasteiger partial charge in [-0.3, -0.25) is 0 Å². The summed E-state index contributed by atoms with van der Waals surface area (Å²) in [6.45, 7) is 6.71. The molecule has 0 aromatic heterocycles. The number of hydrogen-bond donors (Lipinski definition) is 0. The van der Waals surface area contributed by atoms with Crippen LogP contribution in [-0.2, 0) is 19.2 Å². The Labute approximate surface area is 73.0 Å². The standard InChI is InChI=1S/C8H16O4/c1-8(2)11-7-10-5-4-6-12-9-3/h1,4-7H2,2-3H3. The molecule has 0 spiro atoms. The van der Waals surface area contributed by atoms with Gasteiger partial charge < -0.3 is 9.47 Å². The molecule has 0 N–H and O–H groups in total. The molecule has 0 fully saturated rings. The highest BCUT2D eigenvalue weighted by atomic mass is 17.2. The Balaban J connectivity index is 2.86. The van der Waals surface area contributed by atoms with Gasteiger partial charge in [-0.25, -0.2) is 9.78 Å². The fourth-order valence-corrected chi connectivity index (χ4v) is 0.504. The SMILES string of the molecule is C=C(C)OCOCCCOOC. The Morgan fingerprint density at radius 1 is 1.33 bits per heavy atom. The predicted molar refractivity (Wildman–Crippen MR) is 44.3 cm³/mol. The van der Waals surface area contributed by atoms with Gasteiger partial charge in [0.05, 0.1) is 26.1 Å². The Hall–Kier alpha value is -0.580. The van der Waals surface area contributed by atoms with Crippen molar-refractivity contribution in [3.8, 4) is 0 Å². The molecule has 4 nitrogen and oxygen atoms in total. The lowest BCUT2D eigenvalue weighted by Crippen LogP contribution is -2.03. The molecular weight excluding hydrogens is 160 g/mol. The topological polar surface area (TPSA) is 36.9 Å². The third-order valence-electron chi connectivity index (χ3n) is 1.02. The van der Waals surface area contributed by atoms with Gasteiger partial charge in [0.25, 0.3) is 0 Å². The van der Waals surface area contributed by atoms with Crippen molar-refractivity contribution >= 4 is 0 Å². The van der Waals surface area contributed by atoms with Gasteiger partial charge >= 0.3 is 0 Å². The summed E-state index contributed by atoms with van der Waals surface area (Å²) in [6.07, 6.45) is 0.785. The van der Waals surface area contributed by atoms with E-state index in [0.29, 0.717) is 19.0 Å². The van der Waals surface area contributed by atoms with E-state index in [1.807, 2.05) is 0 Å². The van der Waals surface area contributed by atoms with Gasteiger partial charge in [0, 0.05) is 0 Å². The molecule has 12 heavy (non-hydrogen) atoms. The number of hydrogen-bond acceptors (Lipinski definition) is 4. The van der Waals surface area contributed by atoms with Crippen molar-refractivity contribution in [3.05, 3.63) is 12.3 Å². The Morgan fingerprint density at radius 2 is 2.08 bits per heavy atom. The molecule has 0 heterocycles. The third-order valence-corrected chi connectivity index (χ3v) is 1.02. The van der Waals surface area contributed by atoms with Crippen LogP contribution < -0.4 is 0 Å². The maximum absolute atomic E-state index is 5.07. The van der Waals surface area contributed by atoms with Gasteiger partial charge in [-0.05, 0) is 13.3 Å². The Kier molecular flexibility index (Phi) is 8.10. The highest BCUT2D eigenvalue weighted by molar-refractivity contribution is 4.72. The molecular formula is C8H16O4. The molecule has 72 valence electrons. The summed E-state index contributed by atoms with van der Waals surface area (Å²) in [6, 6.07) is 0. The van der Waals surface area contributed by atoms with Crippen molar-refractivity contribution in [3.63, 3.8) is 0 Å². The van der Waals surface area contributed by atoms with E-state index in [1.165, 1.54) is 7.11 Å². The van der Waals surface area contributed by atoms with Crippen LogP contribution in [-0.4, -0.2) is 27.1 Å². The average molecular weight is 176 g/mol. The fraction of sp³-hybridized carbons (Fsp3) is 0.750. The molecule has 0 saturated carbocycles. The van der Waals surface area contributed by atoms with Crippen LogP contribution in [0.1, 0.15) is 13.3 Å². The van der Waals surface area contributed by atoms with Crippen molar-refractivity contribution in [1.29, 1.82) is 0 Å². The zero-order valence-corrected chi connectivity index (χ0v) is 7.67. The second kappa shape index (κ2) is 8.52. The van der Waals surface area contributed by atoms with Crippen LogP contribution in [0.3, 0.4) is 0 Å². The molecule has 0 aliphatic rings. The summed E-state index contributed by atoms with van der Waals surface area (Å²) >= 11 is 0. The Morgan fingerprint density at radius 3 is 2.67 bits per heavy atom. The summed E-state index contributed by atoms with van der Waals surface area (Å²) in [5.41, 5.74) is 0. The van der Waals surface area contributed by atoms with Crippen LogP contribution in [0.4, 0.5) is 0 Å². The van der Waals surface area contributed by atoms with Crippen LogP contribution in [0.25, 0.3) is 0 Å². The highest BCUT2D eigenvalue weighted by Gasteiger charge is 1.89. The first-order valence-electron chi connectivity index (χ1n) is 3.79. The molecule has 0 unspecified atom stereocenters. The molecule has 0 atom stereocenters. The normalized spacial score (nSPS) is 9.83. The van der Waals surface area contributed by atoms with E-state index in [9.17, 15) is 0 Å². The van der Waals surface area contributed by atoms with Crippen LogP contribution in [0.5, 0.6) is 0 Å². The molecule has 0 radical (unpaired) electrons. The monoisotopic (exact) mass is 176 g/mol. The van der Waals surface area contributed by atoms with Gasteiger partial charge in [-0.1, -0.05) is 6.58 Å². The molecule has 0 saturated heterocycles. The van der Waals surface area contributed by atoms with Crippen molar-refractivity contribution < 1.29 is 19.2 Å². The highest BCUT2D eigenvalue weighted by Crippen LogP contribution is 1.91.